The highest BCUT2D eigenvalue weighted by Gasteiger charge is 2.36. The van der Waals surface area contributed by atoms with Crippen molar-refractivity contribution in [2.45, 2.75) is 19.3 Å². The van der Waals surface area contributed by atoms with Gasteiger partial charge in [-0.25, -0.2) is 5.43 Å². The Morgan fingerprint density at radius 2 is 2.24 bits per heavy atom. The van der Waals surface area contributed by atoms with Crippen LogP contribution in [0.3, 0.4) is 0 Å². The van der Waals surface area contributed by atoms with E-state index < -0.39 is 0 Å². The monoisotopic (exact) mass is 284 g/mol. The van der Waals surface area contributed by atoms with Crippen molar-refractivity contribution < 1.29 is 14.3 Å². The first-order valence-corrected chi connectivity index (χ1v) is 6.85. The SMILES string of the molecule is C[C@H]1C[C@@H]1c1ccc(/C=N\NC(=O)c2cccc(O)c2)o1. The number of phenols is 1. The number of hydrogen-bond donors (Lipinski definition) is 2. The topological polar surface area (TPSA) is 74.8 Å². The molecule has 1 aliphatic carbocycles. The Morgan fingerprint density at radius 1 is 1.43 bits per heavy atom. The maximum atomic E-state index is 11.8. The van der Waals surface area contributed by atoms with Crippen LogP contribution in [0.5, 0.6) is 5.75 Å². The number of nitrogens with zero attached hydrogens (tertiary/aromatic N) is 1. The van der Waals surface area contributed by atoms with Crippen molar-refractivity contribution in [3.8, 4) is 5.75 Å². The molecule has 2 atom stereocenters. The molecule has 1 saturated carbocycles. The van der Waals surface area contributed by atoms with Crippen molar-refractivity contribution in [2.24, 2.45) is 11.0 Å². The lowest BCUT2D eigenvalue weighted by molar-refractivity contribution is 0.0954. The number of furan rings is 1. The molecule has 5 nitrogen and oxygen atoms in total. The molecule has 0 bridgehead atoms. The van der Waals surface area contributed by atoms with E-state index in [2.05, 4.69) is 17.5 Å². The first kappa shape index (κ1) is 13.4. The lowest BCUT2D eigenvalue weighted by Crippen LogP contribution is -2.17. The van der Waals surface area contributed by atoms with Gasteiger partial charge in [0.2, 0.25) is 0 Å². The average Bonchev–Trinajstić information content (AvgIpc) is 3.01. The fourth-order valence-corrected chi connectivity index (χ4v) is 2.22. The van der Waals surface area contributed by atoms with Crippen molar-refractivity contribution in [3.05, 3.63) is 53.5 Å². The fraction of sp³-hybridized carbons (Fsp3) is 0.250. The van der Waals surface area contributed by atoms with Crippen LogP contribution in [-0.4, -0.2) is 17.2 Å². The minimum absolute atomic E-state index is 0.0425. The molecule has 2 N–H and O–H groups in total. The second-order valence-electron chi connectivity index (χ2n) is 5.31. The van der Waals surface area contributed by atoms with Gasteiger partial charge in [0.15, 0.2) is 0 Å². The standard InChI is InChI=1S/C16H16N2O3/c1-10-7-14(10)15-6-5-13(21-15)9-17-18-16(20)11-3-2-4-12(19)8-11/h2-6,8-10,14,19H,7H2,1H3,(H,18,20)/b17-9-/t10-,14-/m0/s1. The van der Waals surface area contributed by atoms with Gasteiger partial charge in [-0.05, 0) is 42.7 Å². The van der Waals surface area contributed by atoms with E-state index in [0.717, 1.165) is 5.76 Å². The highest BCUT2D eigenvalue weighted by Crippen LogP contribution is 2.47. The Kier molecular flexibility index (Phi) is 3.48. The molecule has 2 aromatic rings. The number of phenolic OH excluding ortho intramolecular Hbond substituents is 1. The average molecular weight is 284 g/mol. The van der Waals surface area contributed by atoms with Gasteiger partial charge in [0, 0.05) is 11.5 Å². The Balaban J connectivity index is 1.59. The van der Waals surface area contributed by atoms with E-state index in [1.807, 2.05) is 12.1 Å². The van der Waals surface area contributed by atoms with Crippen LogP contribution in [-0.2, 0) is 0 Å². The smallest absolute Gasteiger partial charge is 0.271 e. The van der Waals surface area contributed by atoms with E-state index in [4.69, 9.17) is 4.42 Å². The minimum atomic E-state index is -0.384. The minimum Gasteiger partial charge on any atom is -0.508 e. The fourth-order valence-electron chi connectivity index (χ4n) is 2.22. The Bertz CT molecular complexity index is 690. The maximum Gasteiger partial charge on any atom is 0.271 e. The zero-order valence-corrected chi connectivity index (χ0v) is 11.6. The van der Waals surface area contributed by atoms with E-state index in [1.54, 1.807) is 12.1 Å². The van der Waals surface area contributed by atoms with E-state index >= 15 is 0 Å². The van der Waals surface area contributed by atoms with Crippen molar-refractivity contribution >= 4 is 12.1 Å². The van der Waals surface area contributed by atoms with Gasteiger partial charge in [0.25, 0.3) is 5.91 Å². The van der Waals surface area contributed by atoms with E-state index in [-0.39, 0.29) is 11.7 Å². The van der Waals surface area contributed by atoms with E-state index in [9.17, 15) is 9.90 Å². The summed E-state index contributed by atoms with van der Waals surface area (Å²) in [5.41, 5.74) is 2.74. The summed E-state index contributed by atoms with van der Waals surface area (Å²) in [6, 6.07) is 9.87. The van der Waals surface area contributed by atoms with Crippen LogP contribution in [0, 0.1) is 5.92 Å². The molecule has 0 unspecified atom stereocenters. The molecule has 1 aliphatic rings. The molecule has 1 amide bonds. The van der Waals surface area contributed by atoms with Crippen LogP contribution in [0.25, 0.3) is 0 Å². The second kappa shape index (κ2) is 5.44. The number of hydrazone groups is 1. The van der Waals surface area contributed by atoms with Crippen molar-refractivity contribution in [3.63, 3.8) is 0 Å². The summed E-state index contributed by atoms with van der Waals surface area (Å²) in [5.74, 6) is 2.45. The first-order chi connectivity index (χ1) is 10.1. The van der Waals surface area contributed by atoms with Gasteiger partial charge in [0.1, 0.15) is 17.3 Å². The highest BCUT2D eigenvalue weighted by atomic mass is 16.3. The summed E-state index contributed by atoms with van der Waals surface area (Å²) in [6.07, 6.45) is 2.63. The molecule has 0 aliphatic heterocycles. The van der Waals surface area contributed by atoms with Crippen LogP contribution in [0.2, 0.25) is 0 Å². The van der Waals surface area contributed by atoms with Gasteiger partial charge in [-0.1, -0.05) is 13.0 Å². The number of amides is 1. The van der Waals surface area contributed by atoms with E-state index in [0.29, 0.717) is 23.2 Å². The number of carbonyl (C=O) groups is 1. The Hall–Kier alpha value is -2.56. The van der Waals surface area contributed by atoms with Crippen LogP contribution >= 0.6 is 0 Å². The third-order valence-electron chi connectivity index (χ3n) is 3.59. The summed E-state index contributed by atoms with van der Waals surface area (Å²) >= 11 is 0. The quantitative estimate of drug-likeness (QED) is 0.669. The highest BCUT2D eigenvalue weighted by molar-refractivity contribution is 5.95. The lowest BCUT2D eigenvalue weighted by atomic mass is 10.2. The van der Waals surface area contributed by atoms with Crippen LogP contribution in [0.4, 0.5) is 0 Å². The van der Waals surface area contributed by atoms with Gasteiger partial charge in [-0.2, -0.15) is 5.10 Å². The van der Waals surface area contributed by atoms with Crippen LogP contribution < -0.4 is 5.43 Å². The first-order valence-electron chi connectivity index (χ1n) is 6.85. The zero-order chi connectivity index (χ0) is 14.8. The largest absolute Gasteiger partial charge is 0.508 e. The Labute approximate surface area is 122 Å². The summed E-state index contributed by atoms with van der Waals surface area (Å²) in [5, 5.41) is 13.2. The molecule has 108 valence electrons. The predicted molar refractivity (Wildman–Crippen MR) is 78.4 cm³/mol. The molecule has 0 saturated heterocycles. The van der Waals surface area contributed by atoms with Gasteiger partial charge >= 0.3 is 0 Å². The molecule has 1 aromatic carbocycles. The third-order valence-corrected chi connectivity index (χ3v) is 3.59. The third kappa shape index (κ3) is 3.13. The maximum absolute atomic E-state index is 11.8. The predicted octanol–water partition coefficient (Wildman–Crippen LogP) is 2.87. The summed E-state index contributed by atoms with van der Waals surface area (Å²) in [4.78, 5) is 11.8. The molecule has 5 heteroatoms. The summed E-state index contributed by atoms with van der Waals surface area (Å²) in [6.45, 7) is 2.19. The summed E-state index contributed by atoms with van der Waals surface area (Å²) < 4.78 is 5.64. The zero-order valence-electron chi connectivity index (χ0n) is 11.6. The van der Waals surface area contributed by atoms with Gasteiger partial charge in [0.05, 0.1) is 6.21 Å². The van der Waals surface area contributed by atoms with E-state index in [1.165, 1.54) is 24.8 Å². The molecule has 0 radical (unpaired) electrons. The second-order valence-corrected chi connectivity index (χ2v) is 5.31. The van der Waals surface area contributed by atoms with Gasteiger partial charge in [-0.3, -0.25) is 4.79 Å². The number of carbonyl (C=O) groups excluding carboxylic acids is 1. The number of benzene rings is 1. The van der Waals surface area contributed by atoms with Crippen molar-refractivity contribution in [1.82, 2.24) is 5.43 Å². The molecule has 1 aromatic heterocycles. The lowest BCUT2D eigenvalue weighted by Gasteiger charge is -1.99. The molecular weight excluding hydrogens is 268 g/mol. The van der Waals surface area contributed by atoms with Crippen LogP contribution in [0.1, 0.15) is 41.1 Å². The summed E-state index contributed by atoms with van der Waals surface area (Å²) in [7, 11) is 0. The molecular formula is C16H16N2O3. The van der Waals surface area contributed by atoms with Crippen LogP contribution in [0.15, 0.2) is 45.9 Å². The van der Waals surface area contributed by atoms with Gasteiger partial charge in [-0.15, -0.1) is 0 Å². The van der Waals surface area contributed by atoms with Crippen molar-refractivity contribution in [2.75, 3.05) is 0 Å². The number of rotatable bonds is 4. The molecule has 1 heterocycles. The van der Waals surface area contributed by atoms with Gasteiger partial charge < -0.3 is 9.52 Å². The molecule has 21 heavy (non-hydrogen) atoms. The number of aromatic hydroxyl groups is 1. The molecule has 0 spiro atoms. The molecule has 1 fully saturated rings. The normalized spacial score (nSPS) is 20.6. The molecule has 3 rings (SSSR count). The Morgan fingerprint density at radius 3 is 2.95 bits per heavy atom. The number of hydrogen-bond acceptors (Lipinski definition) is 4. The van der Waals surface area contributed by atoms with Crippen molar-refractivity contribution in [1.29, 1.82) is 0 Å². The number of nitrogens with one attached hydrogen (secondary N) is 1.